The highest BCUT2D eigenvalue weighted by atomic mass is 35.5. The van der Waals surface area contributed by atoms with Crippen LogP contribution in [0.15, 0.2) is 30.3 Å². The summed E-state index contributed by atoms with van der Waals surface area (Å²) in [6, 6.07) is 6.69. The predicted octanol–water partition coefficient (Wildman–Crippen LogP) is 5.38. The summed E-state index contributed by atoms with van der Waals surface area (Å²) in [6.45, 7) is 5.64. The van der Waals surface area contributed by atoms with Crippen molar-refractivity contribution >= 4 is 42.1 Å². The van der Waals surface area contributed by atoms with Crippen LogP contribution in [-0.2, 0) is 0 Å². The van der Waals surface area contributed by atoms with E-state index in [-0.39, 0.29) is 27.4 Å². The van der Waals surface area contributed by atoms with Crippen LogP contribution in [0, 0.1) is 15.9 Å². The van der Waals surface area contributed by atoms with Gasteiger partial charge in [0.25, 0.3) is 0 Å². The van der Waals surface area contributed by atoms with Crippen LogP contribution in [-0.4, -0.2) is 13.0 Å². The van der Waals surface area contributed by atoms with E-state index < -0.39 is 18.8 Å². The molecule has 0 amide bonds. The number of hydrogen-bond donors (Lipinski definition) is 0. The van der Waals surface area contributed by atoms with Crippen LogP contribution in [0.4, 0.5) is 10.1 Å². The van der Waals surface area contributed by atoms with E-state index in [1.54, 1.807) is 6.07 Å². The van der Waals surface area contributed by atoms with Crippen LogP contribution in [0.2, 0.25) is 29.7 Å². The molecule has 0 spiro atoms. The molecule has 0 aromatic heterocycles. The smallest absolute Gasteiger partial charge is 0.311 e. The third-order valence-corrected chi connectivity index (χ3v) is 5.64. The lowest BCUT2D eigenvalue weighted by Gasteiger charge is -2.21. The molecule has 0 N–H and O–H groups in total. The van der Waals surface area contributed by atoms with Crippen molar-refractivity contribution in [2.24, 2.45) is 0 Å². The van der Waals surface area contributed by atoms with Gasteiger partial charge in [-0.15, -0.1) is 0 Å². The quantitative estimate of drug-likeness (QED) is 0.410. The first-order chi connectivity index (χ1) is 10.6. The molecule has 0 aliphatic carbocycles. The molecule has 8 heteroatoms. The third kappa shape index (κ3) is 3.83. The van der Waals surface area contributed by atoms with Crippen molar-refractivity contribution in [3.05, 3.63) is 56.3 Å². The van der Waals surface area contributed by atoms with Gasteiger partial charge in [0.15, 0.2) is 0 Å². The Morgan fingerprint density at radius 2 is 1.83 bits per heavy atom. The fourth-order valence-electron chi connectivity index (χ4n) is 2.16. The Bertz CT molecular complexity index is 778. The van der Waals surface area contributed by atoms with Gasteiger partial charge in [-0.25, -0.2) is 4.39 Å². The predicted molar refractivity (Wildman–Crippen MR) is 92.6 cm³/mol. The zero-order valence-corrected chi connectivity index (χ0v) is 15.2. The van der Waals surface area contributed by atoms with Gasteiger partial charge >= 0.3 is 5.69 Å². The summed E-state index contributed by atoms with van der Waals surface area (Å²) in [6.07, 6.45) is 0. The minimum absolute atomic E-state index is 0.0987. The SMILES string of the molecule is C[Si](C)(C)c1c(F)ccc([N+](=O)[O-])c1Oc1ccc(Cl)cc1Cl. The third-order valence-electron chi connectivity index (χ3n) is 3.14. The van der Waals surface area contributed by atoms with Crippen molar-refractivity contribution in [1.82, 2.24) is 0 Å². The number of rotatable bonds is 4. The minimum Gasteiger partial charge on any atom is -0.449 e. The molecule has 0 atom stereocenters. The van der Waals surface area contributed by atoms with Crippen LogP contribution in [0.25, 0.3) is 0 Å². The van der Waals surface area contributed by atoms with Gasteiger partial charge < -0.3 is 4.74 Å². The van der Waals surface area contributed by atoms with Crippen LogP contribution in [0.3, 0.4) is 0 Å². The van der Waals surface area contributed by atoms with E-state index >= 15 is 0 Å². The summed E-state index contributed by atoms with van der Waals surface area (Å²) >= 11 is 11.9. The molecule has 0 fully saturated rings. The minimum atomic E-state index is -2.26. The second kappa shape index (κ2) is 6.47. The van der Waals surface area contributed by atoms with E-state index in [9.17, 15) is 14.5 Å². The molecular formula is C15H14Cl2FNO3Si. The van der Waals surface area contributed by atoms with E-state index in [2.05, 4.69) is 0 Å². The molecule has 4 nitrogen and oxygen atoms in total. The van der Waals surface area contributed by atoms with Crippen molar-refractivity contribution in [3.63, 3.8) is 0 Å². The second-order valence-corrected chi connectivity index (χ2v) is 11.8. The number of nitro groups is 1. The first kappa shape index (κ1) is 17.7. The van der Waals surface area contributed by atoms with Gasteiger partial charge in [0.05, 0.1) is 18.0 Å². The van der Waals surface area contributed by atoms with Crippen LogP contribution in [0.5, 0.6) is 11.5 Å². The molecule has 0 bridgehead atoms. The Morgan fingerprint density at radius 3 is 2.35 bits per heavy atom. The van der Waals surface area contributed by atoms with E-state index in [0.717, 1.165) is 12.1 Å². The zero-order valence-electron chi connectivity index (χ0n) is 12.7. The molecule has 0 radical (unpaired) electrons. The van der Waals surface area contributed by atoms with Crippen molar-refractivity contribution < 1.29 is 14.1 Å². The zero-order chi connectivity index (χ0) is 17.4. The summed E-state index contributed by atoms with van der Waals surface area (Å²) in [4.78, 5) is 10.7. The maximum absolute atomic E-state index is 14.3. The number of nitro benzene ring substituents is 1. The van der Waals surface area contributed by atoms with Gasteiger partial charge in [-0.05, 0) is 24.3 Å². The van der Waals surface area contributed by atoms with Gasteiger partial charge in [0, 0.05) is 16.3 Å². The highest BCUT2D eigenvalue weighted by Crippen LogP contribution is 2.36. The largest absolute Gasteiger partial charge is 0.449 e. The monoisotopic (exact) mass is 373 g/mol. The summed E-state index contributed by atoms with van der Waals surface area (Å²) in [5.41, 5.74) is -0.296. The fourth-order valence-corrected chi connectivity index (χ4v) is 4.27. The maximum atomic E-state index is 14.3. The Balaban J connectivity index is 2.67. The number of nitrogens with zero attached hydrogens (tertiary/aromatic N) is 1. The molecule has 0 saturated heterocycles. The molecule has 2 rings (SSSR count). The number of hydrogen-bond acceptors (Lipinski definition) is 3. The summed E-state index contributed by atoms with van der Waals surface area (Å²) in [7, 11) is -2.26. The highest BCUT2D eigenvalue weighted by molar-refractivity contribution is 6.89. The van der Waals surface area contributed by atoms with Gasteiger partial charge in [-0.3, -0.25) is 10.1 Å². The molecular weight excluding hydrogens is 360 g/mol. The number of ether oxygens (including phenoxy) is 1. The van der Waals surface area contributed by atoms with E-state index in [4.69, 9.17) is 27.9 Å². The first-order valence-corrected chi connectivity index (χ1v) is 11.0. The molecule has 0 aliphatic heterocycles. The lowest BCUT2D eigenvalue weighted by atomic mass is 10.2. The average molecular weight is 374 g/mol. The molecule has 0 aliphatic rings. The fraction of sp³-hybridized carbons (Fsp3) is 0.200. The highest BCUT2D eigenvalue weighted by Gasteiger charge is 2.32. The molecule has 2 aromatic rings. The van der Waals surface area contributed by atoms with E-state index in [1.807, 2.05) is 19.6 Å². The molecule has 23 heavy (non-hydrogen) atoms. The van der Waals surface area contributed by atoms with Crippen molar-refractivity contribution in [2.45, 2.75) is 19.6 Å². The summed E-state index contributed by atoms with van der Waals surface area (Å²) in [5.74, 6) is -0.433. The Hall–Kier alpha value is -1.63. The molecule has 122 valence electrons. The maximum Gasteiger partial charge on any atom is 0.311 e. The van der Waals surface area contributed by atoms with Gasteiger partial charge in [0.1, 0.15) is 11.6 Å². The summed E-state index contributed by atoms with van der Waals surface area (Å²) in [5, 5.41) is 12.2. The van der Waals surface area contributed by atoms with Gasteiger partial charge in [-0.1, -0.05) is 42.8 Å². The Labute approximate surface area is 144 Å². The molecule has 0 saturated carbocycles. The van der Waals surface area contributed by atoms with Crippen molar-refractivity contribution in [1.29, 1.82) is 0 Å². The van der Waals surface area contributed by atoms with Gasteiger partial charge in [0.2, 0.25) is 5.75 Å². The summed E-state index contributed by atoms with van der Waals surface area (Å²) < 4.78 is 20.0. The van der Waals surface area contributed by atoms with Crippen LogP contribution >= 0.6 is 23.2 Å². The Kier molecular flexibility index (Phi) is 4.98. The molecule has 0 unspecified atom stereocenters. The first-order valence-electron chi connectivity index (χ1n) is 6.71. The normalized spacial score (nSPS) is 11.4. The standard InChI is InChI=1S/C15H14Cl2FNO3Si/c1-23(2,3)15-11(18)5-6-12(19(20)21)14(15)22-13-7-4-9(16)8-10(13)17/h4-8H,1-3H3. The van der Waals surface area contributed by atoms with Crippen LogP contribution < -0.4 is 9.92 Å². The average Bonchev–Trinajstić information content (AvgIpc) is 2.40. The van der Waals surface area contributed by atoms with Gasteiger partial charge in [-0.2, -0.15) is 0 Å². The Morgan fingerprint density at radius 1 is 1.17 bits per heavy atom. The molecule has 2 aromatic carbocycles. The molecule has 0 heterocycles. The van der Waals surface area contributed by atoms with E-state index in [0.29, 0.717) is 5.02 Å². The van der Waals surface area contributed by atoms with Crippen LogP contribution in [0.1, 0.15) is 0 Å². The lowest BCUT2D eigenvalue weighted by Crippen LogP contribution is -2.41. The number of halogens is 3. The number of benzene rings is 2. The topological polar surface area (TPSA) is 52.4 Å². The lowest BCUT2D eigenvalue weighted by molar-refractivity contribution is -0.385. The van der Waals surface area contributed by atoms with E-state index in [1.165, 1.54) is 12.1 Å². The van der Waals surface area contributed by atoms with Crippen molar-refractivity contribution in [3.8, 4) is 11.5 Å². The second-order valence-electron chi connectivity index (χ2n) is 5.95. The van der Waals surface area contributed by atoms with Crippen molar-refractivity contribution in [2.75, 3.05) is 0 Å².